The molecule has 26 heavy (non-hydrogen) atoms. The third-order valence-corrected chi connectivity index (χ3v) is 5.06. The van der Waals surface area contributed by atoms with E-state index in [1.807, 2.05) is 67.6 Å². The monoisotopic (exact) mass is 352 g/mol. The smallest absolute Gasteiger partial charge is 0.332 e. The van der Waals surface area contributed by atoms with E-state index < -0.39 is 5.54 Å². The van der Waals surface area contributed by atoms with Gasteiger partial charge in [0.05, 0.1) is 13.2 Å². The van der Waals surface area contributed by atoms with Crippen molar-refractivity contribution in [1.82, 2.24) is 10.2 Å². The van der Waals surface area contributed by atoms with Crippen molar-refractivity contribution >= 4 is 12.0 Å². The van der Waals surface area contributed by atoms with Crippen molar-refractivity contribution in [1.29, 1.82) is 0 Å². The first-order valence-electron chi connectivity index (χ1n) is 8.82. The quantitative estimate of drug-likeness (QED) is 0.840. The van der Waals surface area contributed by atoms with Crippen LogP contribution in [0.5, 0.6) is 0 Å². The van der Waals surface area contributed by atoms with Gasteiger partial charge < -0.3 is 15.0 Å². The topological polar surface area (TPSA) is 58.6 Å². The highest BCUT2D eigenvalue weighted by Crippen LogP contribution is 2.36. The number of likely N-dealkylation sites (tertiary alicyclic amines) is 1. The number of hydrogen-bond acceptors (Lipinski definition) is 3. The summed E-state index contributed by atoms with van der Waals surface area (Å²) < 4.78 is 5.04. The van der Waals surface area contributed by atoms with Crippen LogP contribution in [0.2, 0.25) is 0 Å². The van der Waals surface area contributed by atoms with Gasteiger partial charge in [-0.2, -0.15) is 0 Å². The Kier molecular flexibility index (Phi) is 5.26. The number of carbonyl (C=O) groups is 2. The molecule has 1 heterocycles. The lowest BCUT2D eigenvalue weighted by Gasteiger charge is -2.50. The van der Waals surface area contributed by atoms with E-state index in [1.54, 1.807) is 4.90 Å². The van der Waals surface area contributed by atoms with Gasteiger partial charge in [0.2, 0.25) is 0 Å². The number of ether oxygens (including phenoxy) is 1. The Morgan fingerprint density at radius 2 is 1.73 bits per heavy atom. The molecule has 1 N–H and O–H groups in total. The Morgan fingerprint density at radius 1 is 1.12 bits per heavy atom. The molecule has 2 amide bonds. The highest BCUT2D eigenvalue weighted by atomic mass is 16.5. The molecule has 1 fully saturated rings. The van der Waals surface area contributed by atoms with Crippen LogP contribution in [0.4, 0.5) is 4.79 Å². The summed E-state index contributed by atoms with van der Waals surface area (Å²) in [5, 5.41) is 3.00. The number of nitrogens with zero attached hydrogens (tertiary/aromatic N) is 1. The van der Waals surface area contributed by atoms with Gasteiger partial charge in [-0.1, -0.05) is 60.7 Å². The second kappa shape index (κ2) is 7.60. The maximum atomic E-state index is 12.8. The molecule has 0 aromatic heterocycles. The summed E-state index contributed by atoms with van der Waals surface area (Å²) in [5.74, 6) is -0.366. The van der Waals surface area contributed by atoms with Gasteiger partial charge in [0.1, 0.15) is 5.54 Å². The molecular formula is C21H24N2O3. The molecule has 3 rings (SSSR count). The maximum Gasteiger partial charge on any atom is 0.332 e. The van der Waals surface area contributed by atoms with E-state index >= 15 is 0 Å². The first kappa shape index (κ1) is 18.0. The molecule has 2 aromatic rings. The van der Waals surface area contributed by atoms with Gasteiger partial charge in [-0.3, -0.25) is 0 Å². The second-order valence-corrected chi connectivity index (χ2v) is 6.67. The Balaban J connectivity index is 1.77. The summed E-state index contributed by atoms with van der Waals surface area (Å²) >= 11 is 0. The predicted molar refractivity (Wildman–Crippen MR) is 99.6 cm³/mol. The zero-order valence-electron chi connectivity index (χ0n) is 15.1. The van der Waals surface area contributed by atoms with Crippen LogP contribution in [-0.2, 0) is 16.0 Å². The molecule has 1 aliphatic rings. The summed E-state index contributed by atoms with van der Waals surface area (Å²) in [6.07, 6.45) is 1.05. The number of urea groups is 1. The number of nitrogens with one attached hydrogen (secondary N) is 1. The third-order valence-electron chi connectivity index (χ3n) is 5.06. The molecule has 2 aromatic carbocycles. The summed E-state index contributed by atoms with van der Waals surface area (Å²) in [5.41, 5.74) is 1.09. The third kappa shape index (κ3) is 3.43. The average molecular weight is 352 g/mol. The van der Waals surface area contributed by atoms with Gasteiger partial charge >= 0.3 is 12.0 Å². The number of methoxy groups -OCH3 is 1. The van der Waals surface area contributed by atoms with Crippen molar-refractivity contribution in [3.05, 3.63) is 71.8 Å². The summed E-state index contributed by atoms with van der Waals surface area (Å²) in [6.45, 7) is 2.47. The molecule has 0 bridgehead atoms. The van der Waals surface area contributed by atoms with Gasteiger partial charge in [-0.05, 0) is 24.5 Å². The summed E-state index contributed by atoms with van der Waals surface area (Å²) in [6, 6.07) is 19.1. The van der Waals surface area contributed by atoms with E-state index in [1.165, 1.54) is 7.11 Å². The predicted octanol–water partition coefficient (Wildman–Crippen LogP) is 3.32. The van der Waals surface area contributed by atoms with Crippen molar-refractivity contribution in [2.24, 2.45) is 0 Å². The number of amides is 2. The van der Waals surface area contributed by atoms with E-state index in [9.17, 15) is 9.59 Å². The molecule has 0 spiro atoms. The van der Waals surface area contributed by atoms with Crippen molar-refractivity contribution in [3.63, 3.8) is 0 Å². The SMILES string of the molecule is COC(=O)[C@]1(Cc2ccccc2)CCN1C(=O)N[C@@H](C)c1ccccc1. The minimum Gasteiger partial charge on any atom is -0.467 e. The van der Waals surface area contributed by atoms with Crippen LogP contribution in [0.15, 0.2) is 60.7 Å². The Morgan fingerprint density at radius 3 is 2.27 bits per heavy atom. The minimum atomic E-state index is -0.934. The highest BCUT2D eigenvalue weighted by Gasteiger charge is 2.54. The number of benzene rings is 2. The summed E-state index contributed by atoms with van der Waals surface area (Å²) in [4.78, 5) is 27.0. The van der Waals surface area contributed by atoms with Gasteiger partial charge in [0, 0.05) is 13.0 Å². The van der Waals surface area contributed by atoms with Gasteiger partial charge in [0.25, 0.3) is 0 Å². The Bertz CT molecular complexity index is 763. The van der Waals surface area contributed by atoms with Crippen LogP contribution >= 0.6 is 0 Å². The zero-order valence-corrected chi connectivity index (χ0v) is 15.1. The fraction of sp³-hybridized carbons (Fsp3) is 0.333. The molecule has 0 saturated carbocycles. The maximum absolute atomic E-state index is 12.8. The molecule has 2 atom stereocenters. The van der Waals surface area contributed by atoms with Gasteiger partial charge in [0.15, 0.2) is 0 Å². The van der Waals surface area contributed by atoms with E-state index in [2.05, 4.69) is 5.32 Å². The molecule has 0 unspecified atom stereocenters. The number of hydrogen-bond donors (Lipinski definition) is 1. The van der Waals surface area contributed by atoms with E-state index in [4.69, 9.17) is 4.74 Å². The molecule has 1 saturated heterocycles. The Labute approximate surface area is 154 Å². The van der Waals surface area contributed by atoms with Crippen LogP contribution in [0.1, 0.15) is 30.5 Å². The number of esters is 1. The molecule has 136 valence electrons. The van der Waals surface area contributed by atoms with Gasteiger partial charge in [-0.15, -0.1) is 0 Å². The Hall–Kier alpha value is -2.82. The number of carbonyl (C=O) groups excluding carboxylic acids is 2. The van der Waals surface area contributed by atoms with Crippen molar-refractivity contribution in [3.8, 4) is 0 Å². The second-order valence-electron chi connectivity index (χ2n) is 6.67. The lowest BCUT2D eigenvalue weighted by atomic mass is 9.79. The first-order chi connectivity index (χ1) is 12.6. The lowest BCUT2D eigenvalue weighted by Crippen LogP contribution is -2.69. The van der Waals surface area contributed by atoms with Crippen LogP contribution in [0.25, 0.3) is 0 Å². The molecular weight excluding hydrogens is 328 g/mol. The zero-order chi connectivity index (χ0) is 18.6. The standard InChI is InChI=1S/C21H24N2O3/c1-16(18-11-7-4-8-12-18)22-20(25)23-14-13-21(23,19(24)26-2)15-17-9-5-3-6-10-17/h3-12,16H,13-15H2,1-2H3,(H,22,25)/t16-,21+/m0/s1. The molecule has 5 nitrogen and oxygen atoms in total. The number of rotatable bonds is 5. The van der Waals surface area contributed by atoms with Gasteiger partial charge in [-0.25, -0.2) is 9.59 Å². The highest BCUT2D eigenvalue weighted by molar-refractivity contribution is 5.90. The summed E-state index contributed by atoms with van der Waals surface area (Å²) in [7, 11) is 1.37. The first-order valence-corrected chi connectivity index (χ1v) is 8.82. The van der Waals surface area contributed by atoms with Crippen LogP contribution < -0.4 is 5.32 Å². The van der Waals surface area contributed by atoms with E-state index in [-0.39, 0.29) is 18.0 Å². The fourth-order valence-corrected chi connectivity index (χ4v) is 3.47. The molecule has 5 heteroatoms. The normalized spacial score (nSPS) is 20.0. The van der Waals surface area contributed by atoms with Crippen molar-refractivity contribution in [2.45, 2.75) is 31.3 Å². The van der Waals surface area contributed by atoms with Crippen molar-refractivity contribution < 1.29 is 14.3 Å². The largest absolute Gasteiger partial charge is 0.467 e. The minimum absolute atomic E-state index is 0.142. The average Bonchev–Trinajstić information content (AvgIpc) is 2.66. The molecule has 1 aliphatic heterocycles. The van der Waals surface area contributed by atoms with Crippen LogP contribution in [0.3, 0.4) is 0 Å². The fourth-order valence-electron chi connectivity index (χ4n) is 3.47. The van der Waals surface area contributed by atoms with E-state index in [0.717, 1.165) is 11.1 Å². The van der Waals surface area contributed by atoms with Crippen LogP contribution in [0, 0.1) is 0 Å². The molecule has 0 radical (unpaired) electrons. The van der Waals surface area contributed by atoms with Crippen LogP contribution in [-0.4, -0.2) is 36.1 Å². The van der Waals surface area contributed by atoms with Crippen molar-refractivity contribution in [2.75, 3.05) is 13.7 Å². The molecule has 0 aliphatic carbocycles. The lowest BCUT2D eigenvalue weighted by molar-refractivity contribution is -0.161. The van der Waals surface area contributed by atoms with E-state index in [0.29, 0.717) is 19.4 Å².